The van der Waals surface area contributed by atoms with Gasteiger partial charge in [0.25, 0.3) is 5.91 Å². The number of hydrogen-bond donors (Lipinski definition) is 1. The number of fused-ring (bicyclic) bond motifs is 2. The molecule has 1 atom stereocenters. The summed E-state index contributed by atoms with van der Waals surface area (Å²) in [5, 5.41) is 2.92. The second-order valence-corrected chi connectivity index (χ2v) is 7.99. The van der Waals surface area contributed by atoms with Crippen molar-refractivity contribution in [3.05, 3.63) is 71.8 Å². The summed E-state index contributed by atoms with van der Waals surface area (Å²) in [6.07, 6.45) is 4.18. The number of aryl methyl sites for hydroxylation is 1. The van der Waals surface area contributed by atoms with Crippen LogP contribution in [-0.4, -0.2) is 29.0 Å². The number of thioether (sulfide) groups is 1. The van der Waals surface area contributed by atoms with Gasteiger partial charge in [-0.25, -0.2) is 0 Å². The molecule has 1 unspecified atom stereocenters. The van der Waals surface area contributed by atoms with E-state index in [4.69, 9.17) is 0 Å². The molecule has 0 saturated heterocycles. The zero-order valence-electron chi connectivity index (χ0n) is 15.1. The second kappa shape index (κ2) is 7.61. The van der Waals surface area contributed by atoms with Gasteiger partial charge in [-0.15, -0.1) is 18.3 Å². The highest BCUT2D eigenvalue weighted by Crippen LogP contribution is 2.37. The van der Waals surface area contributed by atoms with Crippen molar-refractivity contribution < 1.29 is 9.59 Å². The summed E-state index contributed by atoms with van der Waals surface area (Å²) >= 11 is 1.64. The molecule has 2 amide bonds. The normalized spacial score (nSPS) is 18.1. The van der Waals surface area contributed by atoms with Crippen LogP contribution in [0.1, 0.15) is 40.4 Å². The molecule has 0 bridgehead atoms. The van der Waals surface area contributed by atoms with Gasteiger partial charge in [0, 0.05) is 29.2 Å². The molecule has 2 aliphatic rings. The molecule has 2 aromatic rings. The first kappa shape index (κ1) is 17.9. The lowest BCUT2D eigenvalue weighted by Gasteiger charge is -2.29. The van der Waals surface area contributed by atoms with Crippen LogP contribution in [0, 0.1) is 0 Å². The molecule has 0 aromatic heterocycles. The molecule has 2 aromatic carbocycles. The first-order valence-electron chi connectivity index (χ1n) is 9.23. The summed E-state index contributed by atoms with van der Waals surface area (Å²) in [5.41, 5.74) is 3.88. The van der Waals surface area contributed by atoms with Crippen molar-refractivity contribution in [3.63, 3.8) is 0 Å². The predicted octanol–water partition coefficient (Wildman–Crippen LogP) is 4.44. The van der Waals surface area contributed by atoms with Gasteiger partial charge < -0.3 is 10.2 Å². The molecule has 0 fully saturated rings. The topological polar surface area (TPSA) is 49.4 Å². The van der Waals surface area contributed by atoms with E-state index in [9.17, 15) is 9.59 Å². The van der Waals surface area contributed by atoms with Gasteiger partial charge in [0.15, 0.2) is 0 Å². The van der Waals surface area contributed by atoms with Gasteiger partial charge in [-0.3, -0.25) is 9.59 Å². The fourth-order valence-corrected chi connectivity index (χ4v) is 4.81. The molecular formula is C22H22N2O2S. The lowest BCUT2D eigenvalue weighted by molar-refractivity contribution is -0.115. The molecule has 1 N–H and O–H groups in total. The summed E-state index contributed by atoms with van der Waals surface area (Å²) in [5.74, 6) is 0.731. The van der Waals surface area contributed by atoms with Crippen LogP contribution in [0.15, 0.2) is 60.0 Å². The average Bonchev–Trinajstić information content (AvgIpc) is 3.01. The largest absolute Gasteiger partial charge is 0.328 e. The Labute approximate surface area is 163 Å². The Balaban J connectivity index is 1.65. The smallest absolute Gasteiger partial charge is 0.254 e. The molecule has 1 aliphatic heterocycles. The number of anilines is 1. The highest BCUT2D eigenvalue weighted by atomic mass is 32.2. The number of amides is 2. The van der Waals surface area contributed by atoms with Crippen LogP contribution in [0.25, 0.3) is 0 Å². The molecule has 1 aliphatic carbocycles. The van der Waals surface area contributed by atoms with E-state index in [1.54, 1.807) is 17.8 Å². The van der Waals surface area contributed by atoms with Crippen LogP contribution in [0.2, 0.25) is 0 Å². The maximum atomic E-state index is 13.3. The van der Waals surface area contributed by atoms with E-state index in [2.05, 4.69) is 24.0 Å². The van der Waals surface area contributed by atoms with Crippen LogP contribution >= 0.6 is 11.8 Å². The van der Waals surface area contributed by atoms with E-state index in [1.807, 2.05) is 35.2 Å². The van der Waals surface area contributed by atoms with Gasteiger partial charge in [0.05, 0.1) is 11.7 Å². The lowest BCUT2D eigenvalue weighted by atomic mass is 10.1. The van der Waals surface area contributed by atoms with E-state index in [1.165, 1.54) is 11.1 Å². The van der Waals surface area contributed by atoms with Gasteiger partial charge in [0.2, 0.25) is 5.91 Å². The molecule has 0 spiro atoms. The molecule has 138 valence electrons. The molecule has 27 heavy (non-hydrogen) atoms. The number of nitrogens with one attached hydrogen (secondary N) is 1. The van der Waals surface area contributed by atoms with Crippen molar-refractivity contribution >= 4 is 29.3 Å². The highest BCUT2D eigenvalue weighted by molar-refractivity contribution is 7.99. The summed E-state index contributed by atoms with van der Waals surface area (Å²) < 4.78 is 0. The minimum Gasteiger partial charge on any atom is -0.328 e. The maximum absolute atomic E-state index is 13.3. The number of benzene rings is 2. The van der Waals surface area contributed by atoms with Crippen LogP contribution < -0.4 is 5.32 Å². The molecule has 1 heterocycles. The van der Waals surface area contributed by atoms with Gasteiger partial charge in [-0.2, -0.15) is 0 Å². The van der Waals surface area contributed by atoms with Crippen molar-refractivity contribution in [3.8, 4) is 0 Å². The molecule has 4 nitrogen and oxygen atoms in total. The fraction of sp³-hybridized carbons (Fsp3) is 0.273. The standard InChI is InChI=1S/C22H22N2O2S/c1-2-12-24(19-9-7-15-5-3-4-6-17(15)19)22(26)16-8-10-20-18(14-16)23-21(25)11-13-27-20/h2-6,8,10,14,19H,1,7,9,11-13H2,(H,23,25). The van der Waals surface area contributed by atoms with Crippen molar-refractivity contribution in [1.29, 1.82) is 0 Å². The summed E-state index contributed by atoms with van der Waals surface area (Å²) in [4.78, 5) is 28.1. The third kappa shape index (κ3) is 3.52. The highest BCUT2D eigenvalue weighted by Gasteiger charge is 2.31. The Hall–Kier alpha value is -2.53. The van der Waals surface area contributed by atoms with E-state index >= 15 is 0 Å². The van der Waals surface area contributed by atoms with Crippen LogP contribution in [0.4, 0.5) is 5.69 Å². The molecule has 0 saturated carbocycles. The van der Waals surface area contributed by atoms with Gasteiger partial charge in [0.1, 0.15) is 0 Å². The van der Waals surface area contributed by atoms with E-state index in [0.717, 1.165) is 29.2 Å². The Morgan fingerprint density at radius 2 is 2.11 bits per heavy atom. The lowest BCUT2D eigenvalue weighted by Crippen LogP contribution is -2.34. The zero-order valence-corrected chi connectivity index (χ0v) is 15.9. The van der Waals surface area contributed by atoms with Crippen molar-refractivity contribution in [2.75, 3.05) is 17.6 Å². The molecule has 0 radical (unpaired) electrons. The van der Waals surface area contributed by atoms with Gasteiger partial charge in [-0.05, 0) is 42.2 Å². The predicted molar refractivity (Wildman–Crippen MR) is 109 cm³/mol. The Kier molecular flexibility index (Phi) is 5.03. The van der Waals surface area contributed by atoms with Crippen molar-refractivity contribution in [1.82, 2.24) is 4.90 Å². The Bertz CT molecular complexity index is 909. The summed E-state index contributed by atoms with van der Waals surface area (Å²) in [7, 11) is 0. The number of carbonyl (C=O) groups is 2. The van der Waals surface area contributed by atoms with E-state index in [-0.39, 0.29) is 17.9 Å². The third-order valence-electron chi connectivity index (χ3n) is 5.15. The zero-order chi connectivity index (χ0) is 18.8. The number of carbonyl (C=O) groups excluding carboxylic acids is 2. The van der Waals surface area contributed by atoms with E-state index < -0.39 is 0 Å². The first-order valence-corrected chi connectivity index (χ1v) is 10.2. The Morgan fingerprint density at radius 3 is 2.96 bits per heavy atom. The average molecular weight is 378 g/mol. The van der Waals surface area contributed by atoms with Crippen molar-refractivity contribution in [2.45, 2.75) is 30.2 Å². The SMILES string of the molecule is C=CCN(C(=O)c1ccc2c(c1)NC(=O)CCS2)C1CCc2ccccc21. The third-order valence-corrected chi connectivity index (χ3v) is 6.23. The summed E-state index contributed by atoms with van der Waals surface area (Å²) in [6, 6.07) is 14.0. The summed E-state index contributed by atoms with van der Waals surface area (Å²) in [6.45, 7) is 4.34. The van der Waals surface area contributed by atoms with Crippen LogP contribution in [0.3, 0.4) is 0 Å². The minimum atomic E-state index is -0.0251. The number of hydrogen-bond acceptors (Lipinski definition) is 3. The Morgan fingerprint density at radius 1 is 1.26 bits per heavy atom. The van der Waals surface area contributed by atoms with Crippen molar-refractivity contribution in [2.24, 2.45) is 0 Å². The number of nitrogens with zero attached hydrogens (tertiary/aromatic N) is 1. The molecular weight excluding hydrogens is 356 g/mol. The first-order chi connectivity index (χ1) is 13.2. The van der Waals surface area contributed by atoms with Crippen LogP contribution in [0.5, 0.6) is 0 Å². The molecule has 5 heteroatoms. The van der Waals surface area contributed by atoms with Crippen LogP contribution in [-0.2, 0) is 11.2 Å². The quantitative estimate of drug-likeness (QED) is 0.801. The molecule has 4 rings (SSSR count). The monoisotopic (exact) mass is 378 g/mol. The number of rotatable bonds is 4. The fourth-order valence-electron chi connectivity index (χ4n) is 3.87. The van der Waals surface area contributed by atoms with E-state index in [0.29, 0.717) is 18.5 Å². The van der Waals surface area contributed by atoms with Gasteiger partial charge in [-0.1, -0.05) is 30.3 Å². The second-order valence-electron chi connectivity index (χ2n) is 6.86. The van der Waals surface area contributed by atoms with Gasteiger partial charge >= 0.3 is 0 Å². The maximum Gasteiger partial charge on any atom is 0.254 e. The minimum absolute atomic E-state index is 0.00137.